The maximum atomic E-state index is 13.0. The van der Waals surface area contributed by atoms with E-state index >= 15 is 0 Å². The van der Waals surface area contributed by atoms with Crippen molar-refractivity contribution in [2.45, 2.75) is 382 Å². The van der Waals surface area contributed by atoms with Gasteiger partial charge in [0.1, 0.15) is 19.3 Å². The van der Waals surface area contributed by atoms with Crippen LogP contribution in [0.15, 0.2) is 0 Å². The Labute approximate surface area is 562 Å². The molecule has 0 spiro atoms. The molecule has 0 amide bonds. The summed E-state index contributed by atoms with van der Waals surface area (Å²) in [7, 11) is -9.91. The monoisotopic (exact) mass is 1350 g/mol. The van der Waals surface area contributed by atoms with Gasteiger partial charge in [-0.15, -0.1) is 0 Å². The topological polar surface area (TPSA) is 237 Å². The standard InChI is InChI=1S/C73H142O17P2/c1-9-65(7)51-43-35-29-31-38-46-54-71(76)84-60-68(89-72(77)55-47-39-28-24-20-14-12-11-13-17-21-25-33-41-49-63(3)4)61-87-91(79,80)85-57-67(74)58-86-92(81,82)88-62-69(90-73(78)56-48-40-32-30-36-44-52-66(8)10-2)59-83-70(75)53-45-37-27-23-19-16-15-18-22-26-34-42-50-64(5)6/h63-69,74H,9-62H2,1-8H3,(H,79,80)(H,81,82)/t65?,66?,67-,68+,69+/m0/s1. The molecule has 0 saturated heterocycles. The Hall–Kier alpha value is -1.94. The number of carbonyl (C=O) groups is 4. The smallest absolute Gasteiger partial charge is 0.462 e. The van der Waals surface area contributed by atoms with E-state index in [2.05, 4.69) is 55.4 Å². The summed E-state index contributed by atoms with van der Waals surface area (Å²) in [6.45, 7) is 14.1. The molecule has 0 rings (SSSR count). The molecule has 0 aromatic carbocycles. The van der Waals surface area contributed by atoms with E-state index in [4.69, 9.17) is 37.0 Å². The van der Waals surface area contributed by atoms with Crippen LogP contribution in [-0.2, 0) is 65.4 Å². The number of hydrogen-bond donors (Lipinski definition) is 3. The van der Waals surface area contributed by atoms with Crippen molar-refractivity contribution in [3.8, 4) is 0 Å². The predicted octanol–water partition coefficient (Wildman–Crippen LogP) is 20.9. The first-order valence-electron chi connectivity index (χ1n) is 37.8. The molecule has 0 aromatic rings. The fraction of sp³-hybridized carbons (Fsp3) is 0.945. The van der Waals surface area contributed by atoms with Crippen molar-refractivity contribution in [3.63, 3.8) is 0 Å². The Morgan fingerprint density at radius 1 is 0.304 bits per heavy atom. The molecule has 0 aliphatic rings. The molecule has 546 valence electrons. The van der Waals surface area contributed by atoms with E-state index in [-0.39, 0.29) is 25.7 Å². The summed E-state index contributed by atoms with van der Waals surface area (Å²) in [5, 5.41) is 10.6. The van der Waals surface area contributed by atoms with Gasteiger partial charge in [0.25, 0.3) is 0 Å². The van der Waals surface area contributed by atoms with Gasteiger partial charge in [0, 0.05) is 25.7 Å². The first-order chi connectivity index (χ1) is 44.2. The molecule has 0 aromatic heterocycles. The van der Waals surface area contributed by atoms with E-state index in [1.54, 1.807) is 0 Å². The molecule has 0 bridgehead atoms. The van der Waals surface area contributed by atoms with E-state index < -0.39 is 97.5 Å². The zero-order valence-corrected chi connectivity index (χ0v) is 62.0. The summed E-state index contributed by atoms with van der Waals surface area (Å²) in [6, 6.07) is 0. The fourth-order valence-electron chi connectivity index (χ4n) is 11.0. The lowest BCUT2D eigenvalue weighted by Gasteiger charge is -2.21. The number of aliphatic hydroxyl groups is 1. The summed E-state index contributed by atoms with van der Waals surface area (Å²) in [4.78, 5) is 72.6. The third-order valence-corrected chi connectivity index (χ3v) is 19.4. The summed E-state index contributed by atoms with van der Waals surface area (Å²) < 4.78 is 68.4. The average molecular weight is 1350 g/mol. The summed E-state index contributed by atoms with van der Waals surface area (Å²) in [5.41, 5.74) is 0. The van der Waals surface area contributed by atoms with E-state index in [0.29, 0.717) is 25.7 Å². The highest BCUT2D eigenvalue weighted by Gasteiger charge is 2.30. The van der Waals surface area contributed by atoms with E-state index in [1.165, 1.54) is 161 Å². The predicted molar refractivity (Wildman–Crippen MR) is 372 cm³/mol. The minimum Gasteiger partial charge on any atom is -0.462 e. The van der Waals surface area contributed by atoms with Crippen LogP contribution in [0.5, 0.6) is 0 Å². The van der Waals surface area contributed by atoms with Gasteiger partial charge in [0.05, 0.1) is 26.4 Å². The highest BCUT2D eigenvalue weighted by Crippen LogP contribution is 2.45. The molecule has 0 saturated carbocycles. The molecule has 19 heteroatoms. The Balaban J connectivity index is 5.22. The molecule has 3 N–H and O–H groups in total. The molecular weight excluding hydrogens is 1210 g/mol. The van der Waals surface area contributed by atoms with Crippen molar-refractivity contribution in [2.75, 3.05) is 39.6 Å². The van der Waals surface area contributed by atoms with Gasteiger partial charge < -0.3 is 33.8 Å². The Kier molecular flexibility index (Phi) is 61.3. The lowest BCUT2D eigenvalue weighted by atomic mass is 10.00. The SMILES string of the molecule is CCC(C)CCCCCCCCC(=O)OC[C@H](COP(=O)(O)OC[C@H](O)COP(=O)(O)OC[C@@H](COC(=O)CCCCCCCCCCCCCCC(C)C)OC(=O)CCCCCCCCC(C)CC)OC(=O)CCCCCCCCCCCCCCCCC(C)C. The Morgan fingerprint density at radius 3 is 0.772 bits per heavy atom. The van der Waals surface area contributed by atoms with E-state index in [9.17, 15) is 43.2 Å². The molecule has 92 heavy (non-hydrogen) atoms. The fourth-order valence-corrected chi connectivity index (χ4v) is 12.5. The lowest BCUT2D eigenvalue weighted by Crippen LogP contribution is -2.30. The van der Waals surface area contributed by atoms with Crippen LogP contribution in [-0.4, -0.2) is 96.7 Å². The zero-order valence-electron chi connectivity index (χ0n) is 60.2. The number of phosphoric acid groups is 2. The third kappa shape index (κ3) is 64.1. The molecule has 0 aliphatic heterocycles. The van der Waals surface area contributed by atoms with Gasteiger partial charge in [-0.25, -0.2) is 9.13 Å². The second-order valence-corrected chi connectivity index (χ2v) is 30.7. The summed E-state index contributed by atoms with van der Waals surface area (Å²) >= 11 is 0. The van der Waals surface area contributed by atoms with Crippen molar-refractivity contribution < 1.29 is 80.2 Å². The minimum atomic E-state index is -4.95. The van der Waals surface area contributed by atoms with Crippen molar-refractivity contribution in [1.82, 2.24) is 0 Å². The van der Waals surface area contributed by atoms with Gasteiger partial charge in [-0.05, 0) is 49.4 Å². The molecule has 7 atom stereocenters. The number of phosphoric ester groups is 2. The van der Waals surface area contributed by atoms with Crippen molar-refractivity contribution >= 4 is 39.5 Å². The number of aliphatic hydroxyl groups excluding tert-OH is 1. The first kappa shape index (κ1) is 90.1. The molecule has 0 radical (unpaired) electrons. The Morgan fingerprint density at radius 2 is 0.522 bits per heavy atom. The number of ether oxygens (including phenoxy) is 4. The van der Waals surface area contributed by atoms with Gasteiger partial charge in [-0.1, -0.05) is 312 Å². The number of rotatable bonds is 70. The second kappa shape index (κ2) is 62.6. The van der Waals surface area contributed by atoms with Gasteiger partial charge in [-0.2, -0.15) is 0 Å². The average Bonchev–Trinajstić information content (AvgIpc) is 1.67. The van der Waals surface area contributed by atoms with Crippen LogP contribution in [0.2, 0.25) is 0 Å². The number of carbonyl (C=O) groups excluding carboxylic acids is 4. The van der Waals surface area contributed by atoms with Gasteiger partial charge in [0.2, 0.25) is 0 Å². The van der Waals surface area contributed by atoms with Crippen molar-refractivity contribution in [1.29, 1.82) is 0 Å². The number of esters is 4. The van der Waals surface area contributed by atoms with Crippen molar-refractivity contribution in [2.24, 2.45) is 23.7 Å². The maximum absolute atomic E-state index is 13.0. The highest BCUT2D eigenvalue weighted by atomic mass is 31.2. The van der Waals surface area contributed by atoms with Crippen LogP contribution in [0.25, 0.3) is 0 Å². The van der Waals surface area contributed by atoms with Crippen LogP contribution in [0, 0.1) is 23.7 Å². The van der Waals surface area contributed by atoms with Crippen LogP contribution in [0.3, 0.4) is 0 Å². The van der Waals surface area contributed by atoms with E-state index in [1.807, 2.05) is 0 Å². The van der Waals surface area contributed by atoms with Crippen LogP contribution in [0.1, 0.15) is 364 Å². The number of unbranched alkanes of at least 4 members (excludes halogenated alkanes) is 34. The van der Waals surface area contributed by atoms with Crippen LogP contribution in [0.4, 0.5) is 0 Å². The van der Waals surface area contributed by atoms with Crippen molar-refractivity contribution in [3.05, 3.63) is 0 Å². The minimum absolute atomic E-state index is 0.103. The molecule has 0 fully saturated rings. The molecule has 4 unspecified atom stereocenters. The molecule has 0 heterocycles. The molecule has 17 nitrogen and oxygen atoms in total. The Bertz CT molecular complexity index is 1820. The molecular formula is C73H142O17P2. The molecule has 0 aliphatic carbocycles. The normalized spacial score (nSPS) is 14.8. The lowest BCUT2D eigenvalue weighted by molar-refractivity contribution is -0.161. The first-order valence-corrected chi connectivity index (χ1v) is 40.8. The van der Waals surface area contributed by atoms with Gasteiger partial charge >= 0.3 is 39.5 Å². The van der Waals surface area contributed by atoms with E-state index in [0.717, 1.165) is 120 Å². The summed E-state index contributed by atoms with van der Waals surface area (Å²) in [6.07, 6.45) is 45.9. The third-order valence-electron chi connectivity index (χ3n) is 17.5. The van der Waals surface area contributed by atoms with Gasteiger partial charge in [-0.3, -0.25) is 37.3 Å². The highest BCUT2D eigenvalue weighted by molar-refractivity contribution is 7.47. The van der Waals surface area contributed by atoms with Gasteiger partial charge in [0.15, 0.2) is 12.2 Å². The maximum Gasteiger partial charge on any atom is 0.472 e. The zero-order chi connectivity index (χ0) is 68.2. The van der Waals surface area contributed by atoms with Crippen LogP contribution >= 0.6 is 15.6 Å². The van der Waals surface area contributed by atoms with Crippen LogP contribution < -0.4 is 0 Å². The largest absolute Gasteiger partial charge is 0.472 e. The summed E-state index contributed by atoms with van der Waals surface area (Å²) in [5.74, 6) is 0.900. The second-order valence-electron chi connectivity index (χ2n) is 27.8. The quantitative estimate of drug-likeness (QED) is 0.0222. The number of hydrogen-bond acceptors (Lipinski definition) is 15.